The minimum Gasteiger partial charge on any atom is -0.497 e. The zero-order valence-corrected chi connectivity index (χ0v) is 26.6. The van der Waals surface area contributed by atoms with E-state index in [-0.39, 0.29) is 5.91 Å². The summed E-state index contributed by atoms with van der Waals surface area (Å²) in [5.74, 6) is 1.16. The van der Waals surface area contributed by atoms with E-state index in [9.17, 15) is 4.79 Å². The molecule has 1 N–H and O–H groups in total. The van der Waals surface area contributed by atoms with Gasteiger partial charge in [0.15, 0.2) is 0 Å². The minimum atomic E-state index is -1.17. The first kappa shape index (κ1) is 29.3. The molecule has 224 valence electrons. The molecule has 0 atom stereocenters. The molecule has 0 bridgehead atoms. The topological polar surface area (TPSA) is 83.2 Å². The monoisotopic (exact) mass is 603 g/mol. The molecule has 1 aliphatic rings. The molecule has 1 aliphatic heterocycles. The third-order valence-electron chi connectivity index (χ3n) is 7.67. The van der Waals surface area contributed by atoms with Crippen LogP contribution in [0.15, 0.2) is 103 Å². The number of allylic oxidation sites excluding steroid dienone is 2. The molecule has 0 amide bonds. The summed E-state index contributed by atoms with van der Waals surface area (Å²) < 4.78 is 14.8. The lowest BCUT2D eigenvalue weighted by atomic mass is 9.92. The fourth-order valence-corrected chi connectivity index (χ4v) is 6.10. The first-order valence-corrected chi connectivity index (χ1v) is 18.5. The number of imidazole rings is 1. The Labute approximate surface area is 259 Å². The number of nitrogens with one attached hydrogen (secondary N) is 1. The van der Waals surface area contributed by atoms with Crippen LogP contribution in [0.3, 0.4) is 0 Å². The van der Waals surface area contributed by atoms with E-state index in [1.165, 1.54) is 0 Å². The van der Waals surface area contributed by atoms with E-state index >= 15 is 0 Å². The van der Waals surface area contributed by atoms with Crippen LogP contribution in [0, 0.1) is 0 Å². The van der Waals surface area contributed by atoms with Gasteiger partial charge >= 0.3 is 0 Å². The van der Waals surface area contributed by atoms with E-state index in [1.54, 1.807) is 18.1 Å². The van der Waals surface area contributed by atoms with Crippen LogP contribution in [0.2, 0.25) is 25.7 Å². The first-order chi connectivity index (χ1) is 21.3. The molecule has 0 aliphatic carbocycles. The molecule has 0 spiro atoms. The lowest BCUT2D eigenvalue weighted by Gasteiger charge is -2.22. The van der Waals surface area contributed by atoms with Crippen molar-refractivity contribution in [2.24, 2.45) is 0 Å². The predicted molar refractivity (Wildman–Crippen MR) is 177 cm³/mol. The fourth-order valence-electron chi connectivity index (χ4n) is 5.34. The maximum atomic E-state index is 14.4. The van der Waals surface area contributed by atoms with E-state index in [0.29, 0.717) is 24.5 Å². The van der Waals surface area contributed by atoms with Gasteiger partial charge < -0.3 is 19.4 Å². The molecule has 6 rings (SSSR count). The molecule has 2 aromatic heterocycles. The van der Waals surface area contributed by atoms with Gasteiger partial charge in [0.25, 0.3) is 5.91 Å². The smallest absolute Gasteiger partial charge is 0.280 e. The van der Waals surface area contributed by atoms with Crippen LogP contribution in [0.4, 0.5) is 5.82 Å². The van der Waals surface area contributed by atoms with Gasteiger partial charge in [-0.25, -0.2) is 4.98 Å². The summed E-state index contributed by atoms with van der Waals surface area (Å²) >= 11 is 0. The summed E-state index contributed by atoms with van der Waals surface area (Å²) in [6, 6.07) is 28.8. The van der Waals surface area contributed by atoms with Crippen LogP contribution in [0.25, 0.3) is 28.0 Å². The lowest BCUT2D eigenvalue weighted by molar-refractivity contribution is 0.0871. The average Bonchev–Trinajstić information content (AvgIpc) is 3.65. The molecule has 44 heavy (non-hydrogen) atoms. The standard InChI is InChI=1S/C35H37N5O3Si/c1-42-28-17-15-26(16-18-28)32-29(37-31-22-39(23-36-31)24-43-19-20-44(2,3)4)21-30-33(25-11-7-5-8-12-25)34(38-40(30)35(32)41)27-13-9-6-10-14-27/h5-18,22-23,37H,19-21,24H2,1-4H3. The lowest BCUT2D eigenvalue weighted by Crippen LogP contribution is -2.26. The maximum absolute atomic E-state index is 14.4. The zero-order valence-electron chi connectivity index (χ0n) is 25.6. The molecular weight excluding hydrogens is 567 g/mol. The van der Waals surface area contributed by atoms with Crippen molar-refractivity contribution in [1.82, 2.24) is 19.3 Å². The van der Waals surface area contributed by atoms with Gasteiger partial charge in [0.2, 0.25) is 0 Å². The molecule has 0 radical (unpaired) electrons. The fraction of sp³-hybridized carbons (Fsp3) is 0.229. The summed E-state index contributed by atoms with van der Waals surface area (Å²) in [6.45, 7) is 8.18. The Hall–Kier alpha value is -4.73. The number of carbonyl (C=O) groups is 1. The van der Waals surface area contributed by atoms with Crippen LogP contribution in [0.1, 0.15) is 16.1 Å². The number of ether oxygens (including phenoxy) is 2. The number of methoxy groups -OCH3 is 1. The van der Waals surface area contributed by atoms with E-state index in [2.05, 4.69) is 42.1 Å². The molecule has 9 heteroatoms. The number of nitrogens with zero attached hydrogens (tertiary/aromatic N) is 4. The van der Waals surface area contributed by atoms with Gasteiger partial charge in [-0.05, 0) is 29.3 Å². The van der Waals surface area contributed by atoms with Gasteiger partial charge in [-0.15, -0.1) is 0 Å². The predicted octanol–water partition coefficient (Wildman–Crippen LogP) is 7.45. The number of aromatic nitrogens is 4. The van der Waals surface area contributed by atoms with E-state index in [0.717, 1.165) is 57.7 Å². The molecule has 0 unspecified atom stereocenters. The third-order valence-corrected chi connectivity index (χ3v) is 9.37. The SMILES string of the molecule is COc1ccc(C2=C(Nc3cn(COCC[Si](C)(C)C)cn3)Cc3c(-c4ccccc4)c(-c4ccccc4)nn3C2=O)cc1. The van der Waals surface area contributed by atoms with Gasteiger partial charge in [0.1, 0.15) is 24.0 Å². The Kier molecular flexibility index (Phi) is 8.32. The molecule has 0 saturated heterocycles. The van der Waals surface area contributed by atoms with Crippen molar-refractivity contribution >= 4 is 25.4 Å². The highest BCUT2D eigenvalue weighted by atomic mass is 28.3. The Morgan fingerprint density at radius 1 is 0.886 bits per heavy atom. The van der Waals surface area contributed by atoms with E-state index < -0.39 is 8.07 Å². The highest BCUT2D eigenvalue weighted by molar-refractivity contribution is 6.76. The first-order valence-electron chi connectivity index (χ1n) is 14.8. The van der Waals surface area contributed by atoms with Crippen molar-refractivity contribution in [2.45, 2.75) is 38.8 Å². The number of rotatable bonds is 11. The largest absolute Gasteiger partial charge is 0.497 e. The number of benzene rings is 3. The van der Waals surface area contributed by atoms with Gasteiger partial charge in [-0.3, -0.25) is 4.79 Å². The molecule has 8 nitrogen and oxygen atoms in total. The Morgan fingerprint density at radius 3 is 2.23 bits per heavy atom. The molecule has 3 heterocycles. The second-order valence-electron chi connectivity index (χ2n) is 12.1. The zero-order chi connectivity index (χ0) is 30.7. The van der Waals surface area contributed by atoms with Crippen molar-refractivity contribution in [3.63, 3.8) is 0 Å². The van der Waals surface area contributed by atoms with Crippen LogP contribution in [-0.2, 0) is 17.9 Å². The molecule has 3 aromatic carbocycles. The van der Waals surface area contributed by atoms with Gasteiger partial charge in [-0.2, -0.15) is 9.78 Å². The second kappa shape index (κ2) is 12.5. The Balaban J connectivity index is 1.39. The quantitative estimate of drug-likeness (QED) is 0.125. The Morgan fingerprint density at radius 2 is 1.57 bits per heavy atom. The van der Waals surface area contributed by atoms with Crippen molar-refractivity contribution in [2.75, 3.05) is 19.0 Å². The van der Waals surface area contributed by atoms with Gasteiger partial charge in [0.05, 0.1) is 30.9 Å². The minimum absolute atomic E-state index is 0.201. The summed E-state index contributed by atoms with van der Waals surface area (Å²) in [5, 5.41) is 8.44. The van der Waals surface area contributed by atoms with Crippen LogP contribution < -0.4 is 10.1 Å². The number of carbonyl (C=O) groups excluding carboxylic acids is 1. The van der Waals surface area contributed by atoms with Crippen molar-refractivity contribution < 1.29 is 14.3 Å². The summed E-state index contributed by atoms with van der Waals surface area (Å²) in [4.78, 5) is 19.0. The van der Waals surface area contributed by atoms with Crippen molar-refractivity contribution in [3.8, 4) is 28.1 Å². The van der Waals surface area contributed by atoms with E-state index in [4.69, 9.17) is 14.6 Å². The molecule has 0 fully saturated rings. The van der Waals surface area contributed by atoms with Crippen molar-refractivity contribution in [3.05, 3.63) is 114 Å². The molecular formula is C35H37N5O3Si. The number of anilines is 1. The van der Waals surface area contributed by atoms with E-state index in [1.807, 2.05) is 83.6 Å². The highest BCUT2D eigenvalue weighted by Crippen LogP contribution is 2.40. The highest BCUT2D eigenvalue weighted by Gasteiger charge is 2.33. The second-order valence-corrected chi connectivity index (χ2v) is 17.7. The molecule has 5 aromatic rings. The number of hydrogen-bond donors (Lipinski definition) is 1. The van der Waals surface area contributed by atoms with Crippen LogP contribution in [-0.4, -0.2) is 47.0 Å². The summed E-state index contributed by atoms with van der Waals surface area (Å²) in [7, 11) is 0.463. The normalized spacial score (nSPS) is 13.2. The molecule has 0 saturated carbocycles. The number of hydrogen-bond acceptors (Lipinski definition) is 6. The van der Waals surface area contributed by atoms with Crippen molar-refractivity contribution in [1.29, 1.82) is 0 Å². The van der Waals surface area contributed by atoms with Crippen LogP contribution >= 0.6 is 0 Å². The maximum Gasteiger partial charge on any atom is 0.280 e. The summed E-state index contributed by atoms with van der Waals surface area (Å²) in [5.41, 5.74) is 6.58. The van der Waals surface area contributed by atoms with Crippen LogP contribution in [0.5, 0.6) is 5.75 Å². The average molecular weight is 604 g/mol. The van der Waals surface area contributed by atoms with Gasteiger partial charge in [0, 0.05) is 37.9 Å². The van der Waals surface area contributed by atoms with Gasteiger partial charge in [-0.1, -0.05) is 92.4 Å². The Bertz CT molecular complexity index is 1790. The third kappa shape index (κ3) is 6.29. The summed E-state index contributed by atoms with van der Waals surface area (Å²) in [6.07, 6.45) is 4.12. The number of fused-ring (bicyclic) bond motifs is 1.